The average molecular weight is 317 g/mol. The predicted octanol–water partition coefficient (Wildman–Crippen LogP) is 4.56. The van der Waals surface area contributed by atoms with Gasteiger partial charge in [-0.05, 0) is 43.2 Å². The zero-order valence-electron chi connectivity index (χ0n) is 14.8. The molecule has 0 aromatic carbocycles. The van der Waals surface area contributed by atoms with Gasteiger partial charge in [0, 0.05) is 12.7 Å². The fraction of sp³-hybridized carbons (Fsp3) is 0.579. The molecule has 1 aliphatic heterocycles. The van der Waals surface area contributed by atoms with E-state index in [1.54, 1.807) is 6.20 Å². The van der Waals surface area contributed by atoms with Gasteiger partial charge >= 0.3 is 0 Å². The van der Waals surface area contributed by atoms with E-state index >= 15 is 0 Å². The Kier molecular flexibility index (Phi) is 5.55. The lowest BCUT2D eigenvalue weighted by Crippen LogP contribution is -2.48. The van der Waals surface area contributed by atoms with Gasteiger partial charge in [-0.25, -0.2) is 9.37 Å². The number of hydrogen-bond donors (Lipinski definition) is 0. The van der Waals surface area contributed by atoms with Crippen LogP contribution in [-0.4, -0.2) is 30.3 Å². The molecule has 126 valence electrons. The molecule has 1 aromatic heterocycles. The first-order chi connectivity index (χ1) is 10.7. The summed E-state index contributed by atoms with van der Waals surface area (Å²) < 4.78 is 13.8. The number of aromatic nitrogens is 1. The molecule has 1 saturated heterocycles. The lowest BCUT2D eigenvalue weighted by molar-refractivity contribution is 0.376. The molecule has 0 bridgehead atoms. The van der Waals surface area contributed by atoms with Gasteiger partial charge in [0.1, 0.15) is 0 Å². The molecule has 4 heteroatoms. The first kappa shape index (κ1) is 17.6. The molecule has 0 aliphatic carbocycles. The van der Waals surface area contributed by atoms with Crippen LogP contribution < -0.4 is 4.90 Å². The normalized spacial score (nSPS) is 14.7. The molecule has 23 heavy (non-hydrogen) atoms. The lowest BCUT2D eigenvalue weighted by Gasteiger charge is -2.34. The zero-order valence-corrected chi connectivity index (χ0v) is 14.8. The smallest absolute Gasteiger partial charge is 0.165 e. The number of hydrogen-bond acceptors (Lipinski definition) is 3. The molecule has 0 saturated carbocycles. The van der Waals surface area contributed by atoms with Gasteiger partial charge in [-0.1, -0.05) is 32.9 Å². The van der Waals surface area contributed by atoms with Crippen LogP contribution in [0.1, 0.15) is 45.6 Å². The van der Waals surface area contributed by atoms with E-state index in [1.807, 2.05) is 11.8 Å². The van der Waals surface area contributed by atoms with Crippen molar-refractivity contribution in [3.63, 3.8) is 0 Å². The Morgan fingerprint density at radius 1 is 1.35 bits per heavy atom. The Labute approximate surface area is 139 Å². The van der Waals surface area contributed by atoms with E-state index in [9.17, 15) is 4.39 Å². The molecule has 2 heterocycles. The van der Waals surface area contributed by atoms with E-state index in [-0.39, 0.29) is 5.82 Å². The number of aryl methyl sites for hydroxylation is 1. The Morgan fingerprint density at radius 3 is 2.65 bits per heavy atom. The van der Waals surface area contributed by atoms with Crippen LogP contribution in [0, 0.1) is 18.2 Å². The lowest BCUT2D eigenvalue weighted by atomic mass is 9.88. The molecule has 3 nitrogen and oxygen atoms in total. The topological polar surface area (TPSA) is 28.5 Å². The summed E-state index contributed by atoms with van der Waals surface area (Å²) in [5.41, 5.74) is 3.59. The van der Waals surface area contributed by atoms with Crippen LogP contribution in [0.2, 0.25) is 0 Å². The molecule has 1 aromatic rings. The first-order valence-corrected chi connectivity index (χ1v) is 8.30. The van der Waals surface area contributed by atoms with Gasteiger partial charge in [-0.2, -0.15) is 0 Å². The summed E-state index contributed by atoms with van der Waals surface area (Å²) in [6.45, 7) is 14.9. The summed E-state index contributed by atoms with van der Waals surface area (Å²) in [7, 11) is 0. The summed E-state index contributed by atoms with van der Waals surface area (Å²) in [6.07, 6.45) is 4.87. The second kappa shape index (κ2) is 7.24. The van der Waals surface area contributed by atoms with Crippen molar-refractivity contribution in [3.8, 4) is 0 Å². The molecule has 1 aliphatic rings. The van der Waals surface area contributed by atoms with Crippen molar-refractivity contribution >= 4 is 11.5 Å². The van der Waals surface area contributed by atoms with Crippen LogP contribution >= 0.6 is 0 Å². The van der Waals surface area contributed by atoms with E-state index in [2.05, 4.69) is 37.3 Å². The molecule has 0 atom stereocenters. The second-order valence-corrected chi connectivity index (χ2v) is 7.68. The van der Waals surface area contributed by atoms with Gasteiger partial charge in [-0.3, -0.25) is 4.99 Å². The molecule has 1 fully saturated rings. The first-order valence-electron chi connectivity index (χ1n) is 8.30. The number of rotatable bonds is 6. The quantitative estimate of drug-likeness (QED) is 0.719. The summed E-state index contributed by atoms with van der Waals surface area (Å²) in [5.74, 6) is 0.184. The average Bonchev–Trinajstić information content (AvgIpc) is 2.39. The van der Waals surface area contributed by atoms with Crippen molar-refractivity contribution in [1.29, 1.82) is 0 Å². The Bertz CT molecular complexity index is 591. The predicted molar refractivity (Wildman–Crippen MR) is 95.9 cm³/mol. The summed E-state index contributed by atoms with van der Waals surface area (Å²) in [6, 6.07) is 1.52. The van der Waals surface area contributed by atoms with Crippen molar-refractivity contribution in [3.05, 3.63) is 35.8 Å². The Morgan fingerprint density at radius 2 is 2.04 bits per heavy atom. The van der Waals surface area contributed by atoms with Crippen LogP contribution in [0.4, 0.5) is 10.2 Å². The number of nitrogens with zero attached hydrogens (tertiary/aromatic N) is 3. The Hall–Kier alpha value is -1.71. The van der Waals surface area contributed by atoms with Gasteiger partial charge < -0.3 is 4.90 Å². The number of anilines is 1. The van der Waals surface area contributed by atoms with Crippen molar-refractivity contribution in [2.45, 2.75) is 47.0 Å². The van der Waals surface area contributed by atoms with E-state index < -0.39 is 0 Å². The van der Waals surface area contributed by atoms with Crippen molar-refractivity contribution in [1.82, 2.24) is 4.98 Å². The van der Waals surface area contributed by atoms with Crippen LogP contribution in [0.25, 0.3) is 0 Å². The highest BCUT2D eigenvalue weighted by Gasteiger charge is 2.25. The zero-order chi connectivity index (χ0) is 17.0. The van der Waals surface area contributed by atoms with Gasteiger partial charge in [0.05, 0.1) is 18.8 Å². The third kappa shape index (κ3) is 5.45. The SMILES string of the molecule is C=C(CCN=C1CN(c2ncc(C)cc2F)C1)CCC(C)(C)C. The molecule has 0 amide bonds. The summed E-state index contributed by atoms with van der Waals surface area (Å²) in [4.78, 5) is 10.7. The molecular formula is C19H28FN3. The van der Waals surface area contributed by atoms with Crippen molar-refractivity contribution in [2.24, 2.45) is 10.4 Å². The van der Waals surface area contributed by atoms with Crippen LogP contribution in [0.3, 0.4) is 0 Å². The molecule has 0 N–H and O–H groups in total. The highest BCUT2D eigenvalue weighted by molar-refractivity contribution is 5.99. The minimum absolute atomic E-state index is 0.250. The maximum absolute atomic E-state index is 13.8. The minimum Gasteiger partial charge on any atom is -0.343 e. The van der Waals surface area contributed by atoms with Crippen molar-refractivity contribution < 1.29 is 4.39 Å². The largest absolute Gasteiger partial charge is 0.343 e. The van der Waals surface area contributed by atoms with Gasteiger partial charge in [0.2, 0.25) is 0 Å². The highest BCUT2D eigenvalue weighted by atomic mass is 19.1. The maximum atomic E-state index is 13.8. The monoisotopic (exact) mass is 317 g/mol. The van der Waals surface area contributed by atoms with Gasteiger partial charge in [0.25, 0.3) is 0 Å². The van der Waals surface area contributed by atoms with Gasteiger partial charge in [0.15, 0.2) is 11.6 Å². The third-order valence-corrected chi connectivity index (χ3v) is 4.03. The van der Waals surface area contributed by atoms with E-state index in [0.717, 1.165) is 37.1 Å². The molecular weight excluding hydrogens is 289 g/mol. The molecule has 0 spiro atoms. The maximum Gasteiger partial charge on any atom is 0.165 e. The standard InChI is InChI=1S/C19H28FN3/c1-14(6-8-19(3,4)5)7-9-21-16-12-23(13-16)18-17(20)10-15(2)11-22-18/h10-11H,1,6-9,12-13H2,2-5H3. The van der Waals surface area contributed by atoms with Crippen LogP contribution in [0.5, 0.6) is 0 Å². The third-order valence-electron chi connectivity index (χ3n) is 4.03. The molecule has 0 radical (unpaired) electrons. The van der Waals surface area contributed by atoms with Crippen LogP contribution in [0.15, 0.2) is 29.4 Å². The van der Waals surface area contributed by atoms with E-state index in [4.69, 9.17) is 0 Å². The Balaban J connectivity index is 1.72. The fourth-order valence-electron chi connectivity index (χ4n) is 2.45. The minimum atomic E-state index is -0.250. The highest BCUT2D eigenvalue weighted by Crippen LogP contribution is 2.24. The number of aliphatic imine (C=N–C) groups is 1. The summed E-state index contributed by atoms with van der Waals surface area (Å²) in [5, 5.41) is 0. The van der Waals surface area contributed by atoms with Gasteiger partial charge in [-0.15, -0.1) is 0 Å². The van der Waals surface area contributed by atoms with E-state index in [1.165, 1.54) is 11.6 Å². The second-order valence-electron chi connectivity index (χ2n) is 7.68. The molecule has 0 unspecified atom stereocenters. The van der Waals surface area contributed by atoms with Crippen molar-refractivity contribution in [2.75, 3.05) is 24.5 Å². The molecule has 2 rings (SSSR count). The number of pyridine rings is 1. The fourth-order valence-corrected chi connectivity index (χ4v) is 2.45. The number of halogens is 1. The van der Waals surface area contributed by atoms with Crippen LogP contribution in [-0.2, 0) is 0 Å². The van der Waals surface area contributed by atoms with E-state index in [0.29, 0.717) is 24.3 Å². The summed E-state index contributed by atoms with van der Waals surface area (Å²) >= 11 is 0.